The molecule has 0 aromatic heterocycles. The van der Waals surface area contributed by atoms with E-state index >= 15 is 0 Å². The molecule has 0 atom stereocenters. The second kappa shape index (κ2) is 5.03. The van der Waals surface area contributed by atoms with Gasteiger partial charge >= 0.3 is 6.03 Å². The van der Waals surface area contributed by atoms with Crippen molar-refractivity contribution in [2.75, 3.05) is 11.4 Å². The highest BCUT2D eigenvalue weighted by Crippen LogP contribution is 2.28. The molecule has 1 aliphatic carbocycles. The maximum Gasteiger partial charge on any atom is 0.331 e. The summed E-state index contributed by atoms with van der Waals surface area (Å²) in [5.74, 6) is -0.0101. The quantitative estimate of drug-likeness (QED) is 0.818. The van der Waals surface area contributed by atoms with E-state index < -0.39 is 0 Å². The van der Waals surface area contributed by atoms with Crippen LogP contribution in [0, 0.1) is 0 Å². The third-order valence-electron chi connectivity index (χ3n) is 4.01. The summed E-state index contributed by atoms with van der Waals surface area (Å²) in [6.45, 7) is 0.491. The molecule has 1 saturated carbocycles. The smallest absolute Gasteiger partial charge is 0.293 e. The van der Waals surface area contributed by atoms with Crippen LogP contribution in [0.3, 0.4) is 0 Å². The fraction of sp³-hybridized carbons (Fsp3) is 0.467. The predicted molar refractivity (Wildman–Crippen MR) is 72.9 cm³/mol. The van der Waals surface area contributed by atoms with Gasteiger partial charge in [0.25, 0.3) is 0 Å². The van der Waals surface area contributed by atoms with Gasteiger partial charge in [-0.3, -0.25) is 14.6 Å². The number of para-hydroxylation sites is 1. The lowest BCUT2D eigenvalue weighted by molar-refractivity contribution is -0.130. The number of carbonyl (C=O) groups excluding carboxylic acids is 2. The molecule has 0 unspecified atom stereocenters. The molecule has 0 N–H and O–H groups in total. The van der Waals surface area contributed by atoms with Crippen LogP contribution in [0.2, 0.25) is 0 Å². The van der Waals surface area contributed by atoms with Gasteiger partial charge < -0.3 is 0 Å². The van der Waals surface area contributed by atoms with Crippen LogP contribution in [-0.4, -0.2) is 29.4 Å². The van der Waals surface area contributed by atoms with E-state index in [9.17, 15) is 9.59 Å². The minimum atomic E-state index is -0.144. The number of imide groups is 1. The number of benzene rings is 1. The maximum atomic E-state index is 12.6. The Hall–Kier alpha value is -1.84. The predicted octanol–water partition coefficient (Wildman–Crippen LogP) is 2.79. The third kappa shape index (κ3) is 2.23. The first kappa shape index (κ1) is 12.2. The van der Waals surface area contributed by atoms with Crippen molar-refractivity contribution in [2.24, 2.45) is 0 Å². The molecular formula is C15H18N2O2. The van der Waals surface area contributed by atoms with Crippen molar-refractivity contribution in [3.63, 3.8) is 0 Å². The average molecular weight is 258 g/mol. The fourth-order valence-corrected chi connectivity index (χ4v) is 3.03. The molecule has 3 amide bonds. The highest BCUT2D eigenvalue weighted by Gasteiger charge is 2.38. The van der Waals surface area contributed by atoms with E-state index in [4.69, 9.17) is 0 Å². The number of nitrogens with zero attached hydrogens (tertiary/aromatic N) is 2. The number of hydrogen-bond donors (Lipinski definition) is 0. The minimum absolute atomic E-state index is 0.0101. The molecule has 0 spiro atoms. The molecule has 4 nitrogen and oxygen atoms in total. The zero-order chi connectivity index (χ0) is 13.2. The molecule has 0 radical (unpaired) electrons. The standard InChI is InChI=1S/C15H18N2O2/c18-14-10-11-16(12-6-2-1-3-7-12)15(19)17(14)13-8-4-5-9-13/h1-3,6-7,13H,4-5,8-11H2. The van der Waals surface area contributed by atoms with Crippen LogP contribution in [0.15, 0.2) is 30.3 Å². The zero-order valence-electron chi connectivity index (χ0n) is 10.9. The molecule has 1 heterocycles. The first-order chi connectivity index (χ1) is 9.27. The molecule has 2 fully saturated rings. The van der Waals surface area contributed by atoms with E-state index in [1.54, 1.807) is 4.90 Å². The van der Waals surface area contributed by atoms with Gasteiger partial charge in [0.1, 0.15) is 0 Å². The van der Waals surface area contributed by atoms with E-state index in [2.05, 4.69) is 0 Å². The van der Waals surface area contributed by atoms with Crippen molar-refractivity contribution in [1.29, 1.82) is 0 Å². The van der Waals surface area contributed by atoms with Crippen LogP contribution in [0.5, 0.6) is 0 Å². The molecule has 2 aliphatic rings. The van der Waals surface area contributed by atoms with Gasteiger partial charge in [0.15, 0.2) is 0 Å². The summed E-state index contributed by atoms with van der Waals surface area (Å²) in [5, 5.41) is 0. The van der Waals surface area contributed by atoms with E-state index in [1.165, 1.54) is 4.90 Å². The summed E-state index contributed by atoms with van der Waals surface area (Å²) >= 11 is 0. The Kier molecular flexibility index (Phi) is 3.23. The van der Waals surface area contributed by atoms with Gasteiger partial charge in [-0.15, -0.1) is 0 Å². The fourth-order valence-electron chi connectivity index (χ4n) is 3.03. The Labute approximate surface area is 113 Å². The number of carbonyl (C=O) groups is 2. The van der Waals surface area contributed by atoms with Gasteiger partial charge in [-0.25, -0.2) is 4.79 Å². The number of rotatable bonds is 2. The lowest BCUT2D eigenvalue weighted by Gasteiger charge is -2.37. The number of amides is 3. The highest BCUT2D eigenvalue weighted by atomic mass is 16.2. The van der Waals surface area contributed by atoms with Crippen LogP contribution in [0.4, 0.5) is 10.5 Å². The number of urea groups is 1. The minimum Gasteiger partial charge on any atom is -0.293 e. The van der Waals surface area contributed by atoms with Crippen molar-refractivity contribution in [2.45, 2.75) is 38.1 Å². The average Bonchev–Trinajstić information content (AvgIpc) is 2.94. The van der Waals surface area contributed by atoms with Crippen LogP contribution >= 0.6 is 0 Å². The van der Waals surface area contributed by atoms with E-state index in [-0.39, 0.29) is 18.0 Å². The molecule has 1 aromatic rings. The van der Waals surface area contributed by atoms with Gasteiger partial charge in [0.2, 0.25) is 5.91 Å². The number of hydrogen-bond acceptors (Lipinski definition) is 2. The van der Waals surface area contributed by atoms with Gasteiger partial charge in [0, 0.05) is 24.7 Å². The summed E-state index contributed by atoms with van der Waals surface area (Å²) in [4.78, 5) is 27.8. The second-order valence-electron chi connectivity index (χ2n) is 5.22. The Bertz CT molecular complexity index is 480. The van der Waals surface area contributed by atoms with Gasteiger partial charge in [-0.1, -0.05) is 31.0 Å². The molecule has 100 valence electrons. The van der Waals surface area contributed by atoms with Crippen molar-refractivity contribution in [3.05, 3.63) is 30.3 Å². The summed E-state index contributed by atoms with van der Waals surface area (Å²) in [6.07, 6.45) is 4.58. The van der Waals surface area contributed by atoms with Crippen LogP contribution in [-0.2, 0) is 4.79 Å². The van der Waals surface area contributed by atoms with Crippen LogP contribution < -0.4 is 4.90 Å². The Morgan fingerprint density at radius 1 is 1.00 bits per heavy atom. The molecule has 1 aromatic carbocycles. The number of anilines is 1. The first-order valence-corrected chi connectivity index (χ1v) is 6.96. The second-order valence-corrected chi connectivity index (χ2v) is 5.22. The summed E-state index contributed by atoms with van der Waals surface area (Å²) < 4.78 is 0. The van der Waals surface area contributed by atoms with Crippen molar-refractivity contribution in [3.8, 4) is 0 Å². The Morgan fingerprint density at radius 3 is 2.37 bits per heavy atom. The monoisotopic (exact) mass is 258 g/mol. The van der Waals surface area contributed by atoms with E-state index in [0.717, 1.165) is 31.4 Å². The molecule has 1 saturated heterocycles. The maximum absolute atomic E-state index is 12.6. The molecular weight excluding hydrogens is 240 g/mol. The van der Waals surface area contributed by atoms with E-state index in [1.807, 2.05) is 30.3 Å². The van der Waals surface area contributed by atoms with Crippen LogP contribution in [0.1, 0.15) is 32.1 Å². The highest BCUT2D eigenvalue weighted by molar-refractivity contribution is 6.05. The molecule has 1 aliphatic heterocycles. The largest absolute Gasteiger partial charge is 0.331 e. The van der Waals surface area contributed by atoms with Gasteiger partial charge in [-0.2, -0.15) is 0 Å². The third-order valence-corrected chi connectivity index (χ3v) is 4.01. The Morgan fingerprint density at radius 2 is 1.68 bits per heavy atom. The van der Waals surface area contributed by atoms with Crippen molar-refractivity contribution >= 4 is 17.6 Å². The topological polar surface area (TPSA) is 40.6 Å². The Balaban J connectivity index is 1.85. The summed E-state index contributed by atoms with van der Waals surface area (Å²) in [5.41, 5.74) is 0.878. The summed E-state index contributed by atoms with van der Waals surface area (Å²) in [7, 11) is 0. The molecule has 4 heteroatoms. The SMILES string of the molecule is O=C1CCN(c2ccccc2)C(=O)N1C1CCCC1. The lowest BCUT2D eigenvalue weighted by Crippen LogP contribution is -2.55. The zero-order valence-corrected chi connectivity index (χ0v) is 10.9. The van der Waals surface area contributed by atoms with Gasteiger partial charge in [0.05, 0.1) is 0 Å². The molecule has 19 heavy (non-hydrogen) atoms. The van der Waals surface area contributed by atoms with Crippen LogP contribution in [0.25, 0.3) is 0 Å². The normalized spacial score (nSPS) is 21.3. The van der Waals surface area contributed by atoms with E-state index in [0.29, 0.717) is 13.0 Å². The molecule has 0 bridgehead atoms. The van der Waals surface area contributed by atoms with Crippen molar-refractivity contribution in [1.82, 2.24) is 4.90 Å². The molecule has 3 rings (SSSR count). The van der Waals surface area contributed by atoms with Crippen molar-refractivity contribution < 1.29 is 9.59 Å². The van der Waals surface area contributed by atoms with Gasteiger partial charge in [-0.05, 0) is 25.0 Å². The summed E-state index contributed by atoms with van der Waals surface area (Å²) in [6, 6.07) is 9.57. The lowest BCUT2D eigenvalue weighted by atomic mass is 10.1. The first-order valence-electron chi connectivity index (χ1n) is 6.96.